The minimum Gasteiger partial charge on any atom is -0.368 e. The fourth-order valence-electron chi connectivity index (χ4n) is 2.57. The smallest absolute Gasteiger partial charge is 0.276 e. The molecule has 1 aliphatic rings. The van der Waals surface area contributed by atoms with Crippen LogP contribution in [-0.2, 0) is 7.05 Å². The second kappa shape index (κ2) is 6.18. The Morgan fingerprint density at radius 1 is 1.09 bits per heavy atom. The molecule has 116 valence electrons. The molecular weight excluding hydrogens is 323 g/mol. The summed E-state index contributed by atoms with van der Waals surface area (Å²) in [6, 6.07) is 7.75. The number of hydrogen-bond acceptors (Lipinski definition) is 3. The summed E-state index contributed by atoms with van der Waals surface area (Å²) in [5, 5.41) is 5.26. The molecule has 3 rings (SSSR count). The summed E-state index contributed by atoms with van der Waals surface area (Å²) in [7, 11) is 1.75. The Morgan fingerprint density at radius 3 is 2.27 bits per heavy atom. The molecule has 0 radical (unpaired) electrons. The van der Waals surface area contributed by atoms with Gasteiger partial charge in [-0.2, -0.15) is 5.10 Å². The summed E-state index contributed by atoms with van der Waals surface area (Å²) in [5.74, 6) is -0.110. The lowest BCUT2D eigenvalue weighted by atomic mass is 10.2. The topological polar surface area (TPSA) is 41.4 Å². The summed E-state index contributed by atoms with van der Waals surface area (Å²) in [6.45, 7) is 2.85. The van der Waals surface area contributed by atoms with Crippen molar-refractivity contribution in [3.05, 3.63) is 46.2 Å². The van der Waals surface area contributed by atoms with Gasteiger partial charge in [-0.25, -0.2) is 0 Å². The second-order valence-electron chi connectivity index (χ2n) is 5.25. The lowest BCUT2D eigenvalue weighted by Crippen LogP contribution is -2.49. The maximum atomic E-state index is 12.5. The normalized spacial score (nSPS) is 15.2. The molecule has 1 fully saturated rings. The number of carbonyl (C=O) groups is 1. The number of hydrogen-bond donors (Lipinski definition) is 0. The van der Waals surface area contributed by atoms with E-state index in [1.165, 1.54) is 0 Å². The number of benzene rings is 1. The number of rotatable bonds is 2. The number of anilines is 1. The van der Waals surface area contributed by atoms with Crippen molar-refractivity contribution in [3.8, 4) is 0 Å². The number of amides is 1. The fourth-order valence-corrected chi connectivity index (χ4v) is 2.96. The van der Waals surface area contributed by atoms with E-state index in [9.17, 15) is 4.79 Å². The quantitative estimate of drug-likeness (QED) is 0.845. The predicted molar refractivity (Wildman–Crippen MR) is 87.8 cm³/mol. The molecule has 0 spiro atoms. The van der Waals surface area contributed by atoms with Crippen LogP contribution in [0.2, 0.25) is 10.0 Å². The average Bonchev–Trinajstić information content (AvgIpc) is 2.86. The number of aromatic nitrogens is 2. The first-order valence-electron chi connectivity index (χ1n) is 7.03. The van der Waals surface area contributed by atoms with Crippen LogP contribution in [0.3, 0.4) is 0 Å². The molecule has 7 heteroatoms. The van der Waals surface area contributed by atoms with Crippen LogP contribution in [0.5, 0.6) is 0 Å². The van der Waals surface area contributed by atoms with Gasteiger partial charge in [-0.1, -0.05) is 23.2 Å². The lowest BCUT2D eigenvalue weighted by molar-refractivity contribution is 0.0740. The van der Waals surface area contributed by atoms with E-state index in [2.05, 4.69) is 10.00 Å². The van der Waals surface area contributed by atoms with Gasteiger partial charge in [0.05, 0.1) is 5.02 Å². The molecule has 0 N–H and O–H groups in total. The monoisotopic (exact) mass is 338 g/mol. The zero-order valence-electron chi connectivity index (χ0n) is 12.2. The summed E-state index contributed by atoms with van der Waals surface area (Å²) in [4.78, 5) is 16.5. The molecule has 1 aliphatic heterocycles. The standard InChI is InChI=1S/C15H16Cl2N4O/c1-19-10-13(17)14(18-19)15(22)21-8-6-20(7-9-21)12-4-2-11(16)3-5-12/h2-5,10H,6-9H2,1H3. The highest BCUT2D eigenvalue weighted by atomic mass is 35.5. The van der Waals surface area contributed by atoms with Crippen molar-refractivity contribution in [1.29, 1.82) is 0 Å². The third-order valence-electron chi connectivity index (χ3n) is 3.75. The number of carbonyl (C=O) groups excluding carboxylic acids is 1. The molecule has 0 bridgehead atoms. The van der Waals surface area contributed by atoms with Gasteiger partial charge in [0.25, 0.3) is 5.91 Å². The van der Waals surface area contributed by atoms with E-state index < -0.39 is 0 Å². The molecule has 1 aromatic carbocycles. The SMILES string of the molecule is Cn1cc(Cl)c(C(=O)N2CCN(c3ccc(Cl)cc3)CC2)n1. The van der Waals surface area contributed by atoms with Crippen LogP contribution in [0.1, 0.15) is 10.5 Å². The third-order valence-corrected chi connectivity index (χ3v) is 4.27. The summed E-state index contributed by atoms with van der Waals surface area (Å²) < 4.78 is 1.56. The Morgan fingerprint density at radius 2 is 1.73 bits per heavy atom. The third kappa shape index (κ3) is 3.05. The molecule has 22 heavy (non-hydrogen) atoms. The van der Waals surface area contributed by atoms with Crippen LogP contribution in [0.4, 0.5) is 5.69 Å². The number of piperazine rings is 1. The minimum atomic E-state index is -0.110. The Labute approximate surface area is 139 Å². The minimum absolute atomic E-state index is 0.110. The Kier molecular flexibility index (Phi) is 4.27. The molecule has 1 amide bonds. The molecule has 1 aromatic heterocycles. The summed E-state index contributed by atoms with van der Waals surface area (Å²) in [5.41, 5.74) is 1.44. The van der Waals surface area contributed by atoms with E-state index in [4.69, 9.17) is 23.2 Å². The average molecular weight is 339 g/mol. The largest absolute Gasteiger partial charge is 0.368 e. The molecule has 0 saturated carbocycles. The van der Waals surface area contributed by atoms with Gasteiger partial charge in [0.15, 0.2) is 5.69 Å². The van der Waals surface area contributed by atoms with Crippen LogP contribution in [0.25, 0.3) is 0 Å². The maximum absolute atomic E-state index is 12.5. The van der Waals surface area contributed by atoms with E-state index in [1.54, 1.807) is 22.8 Å². The van der Waals surface area contributed by atoms with Crippen LogP contribution in [0.15, 0.2) is 30.5 Å². The van der Waals surface area contributed by atoms with Gasteiger partial charge in [0, 0.05) is 50.1 Å². The van der Waals surface area contributed by atoms with Gasteiger partial charge < -0.3 is 9.80 Å². The Balaban J connectivity index is 1.65. The van der Waals surface area contributed by atoms with Gasteiger partial charge in [-0.15, -0.1) is 0 Å². The molecule has 2 aromatic rings. The van der Waals surface area contributed by atoms with Crippen molar-refractivity contribution < 1.29 is 4.79 Å². The Bertz CT molecular complexity index is 675. The number of nitrogens with zero attached hydrogens (tertiary/aromatic N) is 4. The van der Waals surface area contributed by atoms with Gasteiger partial charge in [0.1, 0.15) is 0 Å². The first kappa shape index (κ1) is 15.2. The fraction of sp³-hybridized carbons (Fsp3) is 0.333. The number of halogens is 2. The van der Waals surface area contributed by atoms with E-state index in [1.807, 2.05) is 24.3 Å². The lowest BCUT2D eigenvalue weighted by Gasteiger charge is -2.35. The highest BCUT2D eigenvalue weighted by Crippen LogP contribution is 2.21. The molecule has 0 aliphatic carbocycles. The zero-order valence-corrected chi connectivity index (χ0v) is 13.7. The van der Waals surface area contributed by atoms with Crippen molar-refractivity contribution in [2.24, 2.45) is 7.05 Å². The van der Waals surface area contributed by atoms with Crippen LogP contribution in [-0.4, -0.2) is 46.8 Å². The van der Waals surface area contributed by atoms with E-state index in [0.717, 1.165) is 23.8 Å². The van der Waals surface area contributed by atoms with Crippen molar-refractivity contribution in [1.82, 2.24) is 14.7 Å². The maximum Gasteiger partial charge on any atom is 0.276 e. The van der Waals surface area contributed by atoms with E-state index in [-0.39, 0.29) is 5.91 Å². The first-order valence-corrected chi connectivity index (χ1v) is 7.79. The van der Waals surface area contributed by atoms with Crippen molar-refractivity contribution in [2.45, 2.75) is 0 Å². The molecule has 0 unspecified atom stereocenters. The van der Waals surface area contributed by atoms with Crippen LogP contribution >= 0.6 is 23.2 Å². The van der Waals surface area contributed by atoms with Crippen LogP contribution in [0, 0.1) is 0 Å². The van der Waals surface area contributed by atoms with Crippen molar-refractivity contribution in [2.75, 3.05) is 31.1 Å². The van der Waals surface area contributed by atoms with Gasteiger partial charge in [-0.3, -0.25) is 9.48 Å². The highest BCUT2D eigenvalue weighted by Gasteiger charge is 2.25. The molecule has 5 nitrogen and oxygen atoms in total. The van der Waals surface area contributed by atoms with Gasteiger partial charge >= 0.3 is 0 Å². The molecule has 0 atom stereocenters. The second-order valence-corrected chi connectivity index (χ2v) is 6.10. The van der Waals surface area contributed by atoms with E-state index >= 15 is 0 Å². The van der Waals surface area contributed by atoms with Gasteiger partial charge in [0.2, 0.25) is 0 Å². The van der Waals surface area contributed by atoms with Crippen molar-refractivity contribution >= 4 is 34.8 Å². The summed E-state index contributed by atoms with van der Waals surface area (Å²) in [6.07, 6.45) is 1.64. The molecular formula is C15H16Cl2N4O. The Hall–Kier alpha value is -1.72. The zero-order chi connectivity index (χ0) is 15.7. The molecule has 1 saturated heterocycles. The predicted octanol–water partition coefficient (Wildman–Crippen LogP) is 2.69. The van der Waals surface area contributed by atoms with Gasteiger partial charge in [-0.05, 0) is 24.3 Å². The molecule has 2 heterocycles. The summed E-state index contributed by atoms with van der Waals surface area (Å²) >= 11 is 12.0. The number of aryl methyl sites for hydroxylation is 1. The van der Waals surface area contributed by atoms with Crippen molar-refractivity contribution in [3.63, 3.8) is 0 Å². The highest BCUT2D eigenvalue weighted by molar-refractivity contribution is 6.33. The van der Waals surface area contributed by atoms with Crippen LogP contribution < -0.4 is 4.90 Å². The van der Waals surface area contributed by atoms with E-state index in [0.29, 0.717) is 23.8 Å². The first-order chi connectivity index (χ1) is 10.5.